The second kappa shape index (κ2) is 9.28. The van der Waals surface area contributed by atoms with Crippen LogP contribution in [0.1, 0.15) is 32.6 Å². The summed E-state index contributed by atoms with van der Waals surface area (Å²) >= 11 is 0. The summed E-state index contributed by atoms with van der Waals surface area (Å²) in [5, 5.41) is 0. The van der Waals surface area contributed by atoms with E-state index in [2.05, 4.69) is 11.1 Å². The first-order valence-corrected chi connectivity index (χ1v) is 7.55. The molecule has 1 amide bonds. The summed E-state index contributed by atoms with van der Waals surface area (Å²) in [4.78, 5) is 29.9. The molecule has 0 unspecified atom stereocenters. The van der Waals surface area contributed by atoms with Crippen molar-refractivity contribution in [1.82, 2.24) is 4.90 Å². The highest BCUT2D eigenvalue weighted by atomic mass is 31.2. The maximum absolute atomic E-state index is 11.3. The Morgan fingerprint density at radius 3 is 2.44 bits per heavy atom. The van der Waals surface area contributed by atoms with Crippen molar-refractivity contribution < 1.29 is 23.7 Å². The molecule has 0 saturated heterocycles. The van der Waals surface area contributed by atoms with E-state index in [1.165, 1.54) is 6.08 Å². The fourth-order valence-corrected chi connectivity index (χ4v) is 1.86. The van der Waals surface area contributed by atoms with E-state index in [-0.39, 0.29) is 12.5 Å². The molecule has 2 N–H and O–H groups in total. The molecule has 0 aromatic heterocycles. The van der Waals surface area contributed by atoms with Gasteiger partial charge in [0.2, 0.25) is 5.91 Å². The van der Waals surface area contributed by atoms with Crippen molar-refractivity contribution in [3.05, 3.63) is 12.7 Å². The molecule has 0 radical (unpaired) electrons. The summed E-state index contributed by atoms with van der Waals surface area (Å²) < 4.78 is 14.7. The molecule has 0 rings (SSSR count). The smallest absolute Gasteiger partial charge is 0.339 e. The average molecular weight is 279 g/mol. The van der Waals surface area contributed by atoms with Crippen LogP contribution in [-0.4, -0.2) is 40.3 Å². The van der Waals surface area contributed by atoms with Gasteiger partial charge in [0, 0.05) is 13.1 Å². The number of hydrogen-bond acceptors (Lipinski definition) is 3. The molecule has 0 aromatic rings. The maximum atomic E-state index is 11.3. The SMILES string of the molecule is C=CC(=O)N(CC)CCCCCCOP(=O)(O)O. The Balaban J connectivity index is 3.53. The van der Waals surface area contributed by atoms with Crippen LogP contribution in [0.15, 0.2) is 12.7 Å². The van der Waals surface area contributed by atoms with Crippen molar-refractivity contribution in [3.8, 4) is 0 Å². The lowest BCUT2D eigenvalue weighted by molar-refractivity contribution is -0.125. The molecule has 18 heavy (non-hydrogen) atoms. The van der Waals surface area contributed by atoms with Crippen LogP contribution in [-0.2, 0) is 13.9 Å². The van der Waals surface area contributed by atoms with E-state index >= 15 is 0 Å². The van der Waals surface area contributed by atoms with E-state index in [9.17, 15) is 9.36 Å². The quantitative estimate of drug-likeness (QED) is 0.361. The molecule has 0 aliphatic rings. The minimum Gasteiger partial charge on any atom is -0.339 e. The largest absolute Gasteiger partial charge is 0.469 e. The van der Waals surface area contributed by atoms with Gasteiger partial charge in [0.1, 0.15) is 0 Å². The number of phosphoric acid groups is 1. The van der Waals surface area contributed by atoms with Crippen LogP contribution in [0.4, 0.5) is 0 Å². The molecular weight excluding hydrogens is 257 g/mol. The second-order valence-electron chi connectivity index (χ2n) is 3.86. The van der Waals surface area contributed by atoms with Gasteiger partial charge in [-0.3, -0.25) is 9.32 Å². The van der Waals surface area contributed by atoms with E-state index in [0.29, 0.717) is 19.5 Å². The minimum atomic E-state index is -4.32. The highest BCUT2D eigenvalue weighted by Gasteiger charge is 2.12. The number of unbranched alkanes of at least 4 members (excludes halogenated alkanes) is 3. The predicted octanol–water partition coefficient (Wildman–Crippen LogP) is 1.69. The van der Waals surface area contributed by atoms with Gasteiger partial charge in [0.15, 0.2) is 0 Å². The highest BCUT2D eigenvalue weighted by molar-refractivity contribution is 7.46. The summed E-state index contributed by atoms with van der Waals surface area (Å²) in [5.41, 5.74) is 0. The van der Waals surface area contributed by atoms with E-state index < -0.39 is 7.82 Å². The number of hydrogen-bond donors (Lipinski definition) is 2. The van der Waals surface area contributed by atoms with Gasteiger partial charge in [0.05, 0.1) is 6.61 Å². The molecule has 0 saturated carbocycles. The Morgan fingerprint density at radius 2 is 1.94 bits per heavy atom. The number of phosphoric ester groups is 1. The summed E-state index contributed by atoms with van der Waals surface area (Å²) in [6, 6.07) is 0. The van der Waals surface area contributed by atoms with Crippen LogP contribution >= 0.6 is 7.82 Å². The summed E-state index contributed by atoms with van der Waals surface area (Å²) in [6.07, 6.45) is 4.48. The average Bonchev–Trinajstić information content (AvgIpc) is 2.30. The fourth-order valence-electron chi connectivity index (χ4n) is 1.49. The van der Waals surface area contributed by atoms with Gasteiger partial charge in [-0.05, 0) is 25.8 Å². The van der Waals surface area contributed by atoms with E-state index in [4.69, 9.17) is 9.79 Å². The lowest BCUT2D eigenvalue weighted by Crippen LogP contribution is -2.29. The molecule has 0 heterocycles. The molecule has 0 atom stereocenters. The highest BCUT2D eigenvalue weighted by Crippen LogP contribution is 2.35. The van der Waals surface area contributed by atoms with Crippen molar-refractivity contribution in [3.63, 3.8) is 0 Å². The van der Waals surface area contributed by atoms with Crippen LogP contribution in [0.25, 0.3) is 0 Å². The standard InChI is InChI=1S/C11H22NO5P/c1-3-11(13)12(4-2)9-7-5-6-8-10-17-18(14,15)16/h3H,1,4-10H2,2H3,(H2,14,15,16). The van der Waals surface area contributed by atoms with Gasteiger partial charge in [-0.1, -0.05) is 19.4 Å². The minimum absolute atomic E-state index is 0.0629. The Hall–Kier alpha value is -0.680. The Labute approximate surface area is 108 Å². The van der Waals surface area contributed by atoms with Crippen molar-refractivity contribution >= 4 is 13.7 Å². The third-order valence-electron chi connectivity index (χ3n) is 2.45. The zero-order chi connectivity index (χ0) is 14.0. The Morgan fingerprint density at radius 1 is 1.33 bits per heavy atom. The first kappa shape index (κ1) is 17.3. The zero-order valence-electron chi connectivity index (χ0n) is 10.7. The van der Waals surface area contributed by atoms with Gasteiger partial charge >= 0.3 is 7.82 Å². The number of nitrogens with zero attached hydrogens (tertiary/aromatic N) is 1. The molecule has 0 aromatic carbocycles. The van der Waals surface area contributed by atoms with Gasteiger partial charge in [-0.15, -0.1) is 0 Å². The summed E-state index contributed by atoms with van der Waals surface area (Å²) in [7, 11) is -4.32. The van der Waals surface area contributed by atoms with Crippen LogP contribution < -0.4 is 0 Å². The molecule has 0 aliphatic heterocycles. The van der Waals surface area contributed by atoms with Crippen molar-refractivity contribution in [2.75, 3.05) is 19.7 Å². The molecule has 0 spiro atoms. The molecular formula is C11H22NO5P. The van der Waals surface area contributed by atoms with Crippen molar-refractivity contribution in [2.45, 2.75) is 32.6 Å². The van der Waals surface area contributed by atoms with Crippen LogP contribution in [0.3, 0.4) is 0 Å². The number of amides is 1. The van der Waals surface area contributed by atoms with Gasteiger partial charge < -0.3 is 14.7 Å². The first-order valence-electron chi connectivity index (χ1n) is 6.02. The van der Waals surface area contributed by atoms with E-state index in [1.54, 1.807) is 4.90 Å². The molecule has 7 heteroatoms. The molecule has 0 fully saturated rings. The summed E-state index contributed by atoms with van der Waals surface area (Å²) in [6.45, 7) is 6.75. The molecule has 0 bridgehead atoms. The molecule has 6 nitrogen and oxygen atoms in total. The second-order valence-corrected chi connectivity index (χ2v) is 5.10. The first-order chi connectivity index (χ1) is 8.40. The number of rotatable bonds is 10. The van der Waals surface area contributed by atoms with E-state index in [0.717, 1.165) is 19.3 Å². The maximum Gasteiger partial charge on any atom is 0.469 e. The zero-order valence-corrected chi connectivity index (χ0v) is 11.6. The predicted molar refractivity (Wildman–Crippen MR) is 68.9 cm³/mol. The Kier molecular flexibility index (Phi) is 8.93. The van der Waals surface area contributed by atoms with E-state index in [1.807, 2.05) is 6.92 Å². The number of carbonyl (C=O) groups is 1. The summed E-state index contributed by atoms with van der Waals surface area (Å²) in [5.74, 6) is -0.0673. The lowest BCUT2D eigenvalue weighted by Gasteiger charge is -2.18. The topological polar surface area (TPSA) is 87.1 Å². The van der Waals surface area contributed by atoms with Gasteiger partial charge in [0.25, 0.3) is 0 Å². The Bertz CT molecular complexity index is 302. The lowest BCUT2D eigenvalue weighted by atomic mass is 10.2. The van der Waals surface area contributed by atoms with Crippen LogP contribution in [0, 0.1) is 0 Å². The third kappa shape index (κ3) is 9.36. The van der Waals surface area contributed by atoms with Crippen LogP contribution in [0.5, 0.6) is 0 Å². The third-order valence-corrected chi connectivity index (χ3v) is 2.97. The van der Waals surface area contributed by atoms with Crippen molar-refractivity contribution in [2.24, 2.45) is 0 Å². The molecule has 0 aliphatic carbocycles. The number of carbonyl (C=O) groups excluding carboxylic acids is 1. The van der Waals surface area contributed by atoms with Crippen molar-refractivity contribution in [1.29, 1.82) is 0 Å². The van der Waals surface area contributed by atoms with Gasteiger partial charge in [-0.25, -0.2) is 4.57 Å². The number of likely N-dealkylation sites (N-methyl/N-ethyl adjacent to an activating group) is 1. The van der Waals surface area contributed by atoms with Crippen LogP contribution in [0.2, 0.25) is 0 Å². The monoisotopic (exact) mass is 279 g/mol. The van der Waals surface area contributed by atoms with Gasteiger partial charge in [-0.2, -0.15) is 0 Å². The normalized spacial score (nSPS) is 11.3. The fraction of sp³-hybridized carbons (Fsp3) is 0.727. The molecule has 106 valence electrons.